The van der Waals surface area contributed by atoms with Crippen LogP contribution in [0.1, 0.15) is 21.5 Å². The van der Waals surface area contributed by atoms with Gasteiger partial charge in [0.05, 0.1) is 11.6 Å². The molecule has 102 valence electrons. The number of hydrogen-bond acceptors (Lipinski definition) is 2. The number of ether oxygens (including phenoxy) is 1. The first-order chi connectivity index (χ1) is 9.65. The van der Waals surface area contributed by atoms with Gasteiger partial charge in [-0.3, -0.25) is 4.79 Å². The van der Waals surface area contributed by atoms with Crippen LogP contribution in [0.2, 0.25) is 5.02 Å². The largest absolute Gasteiger partial charge is 0.493 e. The lowest BCUT2D eigenvalue weighted by Crippen LogP contribution is -2.05. The van der Waals surface area contributed by atoms with Gasteiger partial charge < -0.3 is 4.74 Å². The first kappa shape index (κ1) is 13.1. The Hall–Kier alpha value is -1.87. The fourth-order valence-corrected chi connectivity index (χ4v) is 2.51. The normalized spacial score (nSPS) is 12.9. The van der Waals surface area contributed by atoms with Crippen LogP contribution in [0.5, 0.6) is 5.75 Å². The smallest absolute Gasteiger partial charge is 0.167 e. The Bertz CT molecular complexity index is 682. The highest BCUT2D eigenvalue weighted by atomic mass is 35.5. The van der Waals surface area contributed by atoms with Gasteiger partial charge in [0.1, 0.15) is 11.6 Å². The number of fused-ring (bicyclic) bond motifs is 1. The fraction of sp³-hybridized carbons (Fsp3) is 0.188. The average molecular weight is 291 g/mol. The van der Waals surface area contributed by atoms with Gasteiger partial charge in [-0.05, 0) is 35.4 Å². The molecule has 3 rings (SSSR count). The summed E-state index contributed by atoms with van der Waals surface area (Å²) in [5.41, 5.74) is 1.93. The molecule has 0 aliphatic carbocycles. The molecule has 2 aromatic carbocycles. The lowest BCUT2D eigenvalue weighted by molar-refractivity contribution is 0.0992. The third kappa shape index (κ3) is 2.41. The second-order valence-corrected chi connectivity index (χ2v) is 5.14. The van der Waals surface area contributed by atoms with E-state index in [1.807, 2.05) is 6.07 Å². The van der Waals surface area contributed by atoms with E-state index in [4.69, 9.17) is 16.3 Å². The zero-order valence-corrected chi connectivity index (χ0v) is 11.4. The molecule has 0 unspecified atom stereocenters. The van der Waals surface area contributed by atoms with Crippen molar-refractivity contribution in [1.29, 1.82) is 0 Å². The Labute approximate surface area is 121 Å². The van der Waals surface area contributed by atoms with Crippen molar-refractivity contribution >= 4 is 17.4 Å². The van der Waals surface area contributed by atoms with Crippen LogP contribution in [0.25, 0.3) is 0 Å². The van der Waals surface area contributed by atoms with Gasteiger partial charge in [0, 0.05) is 18.4 Å². The van der Waals surface area contributed by atoms with Crippen molar-refractivity contribution in [3.05, 3.63) is 63.9 Å². The standard InChI is InChI=1S/C16H12ClFO2/c17-13-3-1-2-12(16(13)18)9-14(19)10-4-5-15-11(8-10)6-7-20-15/h1-5,8H,6-7,9H2. The van der Waals surface area contributed by atoms with Crippen molar-refractivity contribution in [3.8, 4) is 5.75 Å². The van der Waals surface area contributed by atoms with Gasteiger partial charge in [-0.25, -0.2) is 4.39 Å². The predicted octanol–water partition coefficient (Wildman–Crippen LogP) is 3.84. The van der Waals surface area contributed by atoms with Crippen LogP contribution < -0.4 is 4.74 Å². The van der Waals surface area contributed by atoms with Crippen molar-refractivity contribution in [2.75, 3.05) is 6.61 Å². The summed E-state index contributed by atoms with van der Waals surface area (Å²) in [7, 11) is 0. The first-order valence-corrected chi connectivity index (χ1v) is 6.75. The minimum Gasteiger partial charge on any atom is -0.493 e. The van der Waals surface area contributed by atoms with Gasteiger partial charge in [-0.15, -0.1) is 0 Å². The van der Waals surface area contributed by atoms with Gasteiger partial charge in [-0.1, -0.05) is 23.7 Å². The summed E-state index contributed by atoms with van der Waals surface area (Å²) in [5.74, 6) is 0.184. The molecule has 0 aromatic heterocycles. The first-order valence-electron chi connectivity index (χ1n) is 6.37. The summed E-state index contributed by atoms with van der Waals surface area (Å²) in [4.78, 5) is 12.2. The second kappa shape index (κ2) is 5.25. The Morgan fingerprint density at radius 2 is 2.15 bits per heavy atom. The van der Waals surface area contributed by atoms with E-state index in [1.165, 1.54) is 6.07 Å². The van der Waals surface area contributed by atoms with Gasteiger partial charge >= 0.3 is 0 Å². The molecule has 0 atom stereocenters. The molecule has 2 aromatic rings. The molecule has 20 heavy (non-hydrogen) atoms. The third-order valence-corrected chi connectivity index (χ3v) is 3.69. The summed E-state index contributed by atoms with van der Waals surface area (Å²) in [5, 5.41) is 0.0395. The highest BCUT2D eigenvalue weighted by Crippen LogP contribution is 2.27. The maximum Gasteiger partial charge on any atom is 0.167 e. The van der Waals surface area contributed by atoms with Gasteiger partial charge in [0.15, 0.2) is 5.78 Å². The highest BCUT2D eigenvalue weighted by Gasteiger charge is 2.16. The van der Waals surface area contributed by atoms with Gasteiger partial charge in [0.2, 0.25) is 0 Å². The number of halogens is 2. The van der Waals surface area contributed by atoms with E-state index in [-0.39, 0.29) is 17.2 Å². The van der Waals surface area contributed by atoms with Gasteiger partial charge in [-0.2, -0.15) is 0 Å². The number of ketones is 1. The Balaban J connectivity index is 1.84. The SMILES string of the molecule is O=C(Cc1cccc(Cl)c1F)c1ccc2c(c1)CCO2. The maximum absolute atomic E-state index is 13.8. The average Bonchev–Trinajstić information content (AvgIpc) is 2.91. The van der Waals surface area contributed by atoms with E-state index in [1.54, 1.807) is 24.3 Å². The molecule has 1 heterocycles. The summed E-state index contributed by atoms with van der Waals surface area (Å²) in [6, 6.07) is 10.0. The van der Waals surface area contributed by atoms with E-state index in [9.17, 15) is 9.18 Å². The number of benzene rings is 2. The minimum absolute atomic E-state index is 0.00599. The quantitative estimate of drug-likeness (QED) is 0.803. The molecule has 4 heteroatoms. The number of carbonyl (C=O) groups is 1. The number of rotatable bonds is 3. The summed E-state index contributed by atoms with van der Waals surface area (Å²) < 4.78 is 19.2. The molecule has 1 aliphatic rings. The summed E-state index contributed by atoms with van der Waals surface area (Å²) in [6.45, 7) is 0.649. The molecule has 0 saturated heterocycles. The van der Waals surface area contributed by atoms with Crippen LogP contribution in [0.15, 0.2) is 36.4 Å². The maximum atomic E-state index is 13.8. The summed E-state index contributed by atoms with van der Waals surface area (Å²) in [6.07, 6.45) is 0.814. The number of Topliss-reactive ketones (excluding diaryl/α,β-unsaturated/α-hetero) is 1. The Morgan fingerprint density at radius 3 is 3.00 bits per heavy atom. The monoisotopic (exact) mass is 290 g/mol. The van der Waals surface area contributed by atoms with Crippen LogP contribution in [0, 0.1) is 5.82 Å². The number of carbonyl (C=O) groups excluding carboxylic acids is 1. The van der Waals surface area contributed by atoms with Crippen molar-refractivity contribution in [2.24, 2.45) is 0 Å². The lowest BCUT2D eigenvalue weighted by Gasteiger charge is -2.06. The Kier molecular flexibility index (Phi) is 3.45. The lowest BCUT2D eigenvalue weighted by atomic mass is 10.00. The molecular weight excluding hydrogens is 279 g/mol. The van der Waals surface area contributed by atoms with E-state index in [0.29, 0.717) is 17.7 Å². The van der Waals surface area contributed by atoms with Crippen molar-refractivity contribution in [2.45, 2.75) is 12.8 Å². The topological polar surface area (TPSA) is 26.3 Å². The molecule has 1 aliphatic heterocycles. The molecular formula is C16H12ClFO2. The molecule has 0 bridgehead atoms. The Morgan fingerprint density at radius 1 is 1.30 bits per heavy atom. The molecule has 0 radical (unpaired) electrons. The van der Waals surface area contributed by atoms with Crippen molar-refractivity contribution in [3.63, 3.8) is 0 Å². The summed E-state index contributed by atoms with van der Waals surface area (Å²) >= 11 is 5.72. The molecule has 0 fully saturated rings. The van der Waals surface area contributed by atoms with Crippen LogP contribution >= 0.6 is 11.6 Å². The van der Waals surface area contributed by atoms with Crippen LogP contribution in [0.3, 0.4) is 0 Å². The number of hydrogen-bond donors (Lipinski definition) is 0. The van der Waals surface area contributed by atoms with E-state index >= 15 is 0 Å². The molecule has 0 amide bonds. The zero-order valence-electron chi connectivity index (χ0n) is 10.7. The predicted molar refractivity (Wildman–Crippen MR) is 75.1 cm³/mol. The molecule has 0 spiro atoms. The zero-order chi connectivity index (χ0) is 14.1. The molecule has 0 saturated carbocycles. The fourth-order valence-electron chi connectivity index (χ4n) is 2.32. The second-order valence-electron chi connectivity index (χ2n) is 4.73. The van der Waals surface area contributed by atoms with Crippen molar-refractivity contribution < 1.29 is 13.9 Å². The van der Waals surface area contributed by atoms with Crippen LogP contribution in [0.4, 0.5) is 4.39 Å². The van der Waals surface area contributed by atoms with E-state index < -0.39 is 5.82 Å². The van der Waals surface area contributed by atoms with E-state index in [2.05, 4.69) is 0 Å². The minimum atomic E-state index is -0.521. The van der Waals surface area contributed by atoms with Crippen LogP contribution in [-0.4, -0.2) is 12.4 Å². The third-order valence-electron chi connectivity index (χ3n) is 3.39. The van der Waals surface area contributed by atoms with Gasteiger partial charge in [0.25, 0.3) is 0 Å². The molecule has 0 N–H and O–H groups in total. The molecule has 2 nitrogen and oxygen atoms in total. The van der Waals surface area contributed by atoms with Crippen LogP contribution in [-0.2, 0) is 12.8 Å². The highest BCUT2D eigenvalue weighted by molar-refractivity contribution is 6.30. The van der Waals surface area contributed by atoms with E-state index in [0.717, 1.165) is 17.7 Å². The van der Waals surface area contributed by atoms with Crippen molar-refractivity contribution in [1.82, 2.24) is 0 Å².